The van der Waals surface area contributed by atoms with Gasteiger partial charge >= 0.3 is 0 Å². The fourth-order valence-corrected chi connectivity index (χ4v) is 3.06. The van der Waals surface area contributed by atoms with Gasteiger partial charge < -0.3 is 4.42 Å². The lowest BCUT2D eigenvalue weighted by atomic mass is 10.1. The molecular weight excluding hydrogens is 296 g/mol. The Hall–Kier alpha value is -2.40. The van der Waals surface area contributed by atoms with Crippen LogP contribution in [0, 0.1) is 13.8 Å². The normalized spacial score (nSPS) is 10.6. The van der Waals surface area contributed by atoms with Gasteiger partial charge in [-0.15, -0.1) is 11.3 Å². The molecule has 3 aromatic rings. The van der Waals surface area contributed by atoms with Gasteiger partial charge in [-0.25, -0.2) is 4.98 Å². The maximum Gasteiger partial charge on any atom is 0.260 e. The van der Waals surface area contributed by atoms with E-state index in [4.69, 9.17) is 4.42 Å². The van der Waals surface area contributed by atoms with Gasteiger partial charge in [0.1, 0.15) is 5.76 Å². The van der Waals surface area contributed by atoms with Crippen molar-refractivity contribution in [3.05, 3.63) is 70.1 Å². The number of hydrogen-bond acceptors (Lipinski definition) is 4. The highest BCUT2D eigenvalue weighted by atomic mass is 32.1. The molecular formula is C17H16N2O2S. The summed E-state index contributed by atoms with van der Waals surface area (Å²) >= 11 is 1.49. The van der Waals surface area contributed by atoms with Crippen LogP contribution >= 0.6 is 11.3 Å². The summed E-state index contributed by atoms with van der Waals surface area (Å²) in [5, 5.41) is 3.42. The summed E-state index contributed by atoms with van der Waals surface area (Å²) in [6.45, 7) is 3.86. The fraction of sp³-hybridized carbons (Fsp3) is 0.176. The molecule has 5 heteroatoms. The van der Waals surface area contributed by atoms with Crippen LogP contribution in [0.15, 0.2) is 47.2 Å². The molecule has 1 amide bonds. The van der Waals surface area contributed by atoms with E-state index in [1.54, 1.807) is 13.0 Å². The van der Waals surface area contributed by atoms with Crippen LogP contribution in [0.3, 0.4) is 0 Å². The van der Waals surface area contributed by atoms with E-state index in [1.165, 1.54) is 28.7 Å². The molecule has 0 atom stereocenters. The monoisotopic (exact) mass is 312 g/mol. The Bertz CT molecular complexity index is 804. The highest BCUT2D eigenvalue weighted by Gasteiger charge is 2.13. The number of anilines is 1. The minimum absolute atomic E-state index is 0.192. The molecule has 0 saturated heterocycles. The number of hydrogen-bond donors (Lipinski definition) is 1. The van der Waals surface area contributed by atoms with Gasteiger partial charge in [0.25, 0.3) is 5.91 Å². The first kappa shape index (κ1) is 14.5. The topological polar surface area (TPSA) is 55.1 Å². The number of nitrogens with zero attached hydrogens (tertiary/aromatic N) is 1. The number of amides is 1. The molecule has 0 saturated carbocycles. The van der Waals surface area contributed by atoms with E-state index in [9.17, 15) is 4.79 Å². The Morgan fingerprint density at radius 3 is 2.82 bits per heavy atom. The first-order valence-electron chi connectivity index (χ1n) is 6.98. The summed E-state index contributed by atoms with van der Waals surface area (Å²) in [4.78, 5) is 17.5. The van der Waals surface area contributed by atoms with E-state index in [0.29, 0.717) is 16.5 Å². The highest BCUT2D eigenvalue weighted by Crippen LogP contribution is 2.23. The Morgan fingerprint density at radius 1 is 1.27 bits per heavy atom. The van der Waals surface area contributed by atoms with Crippen molar-refractivity contribution < 1.29 is 9.21 Å². The van der Waals surface area contributed by atoms with Gasteiger partial charge in [-0.3, -0.25) is 10.1 Å². The Labute approximate surface area is 132 Å². The Balaban J connectivity index is 1.70. The fourth-order valence-electron chi connectivity index (χ4n) is 2.23. The number of aryl methyl sites for hydroxylation is 2. The van der Waals surface area contributed by atoms with Crippen molar-refractivity contribution in [2.75, 3.05) is 5.32 Å². The van der Waals surface area contributed by atoms with Crippen LogP contribution in [0.1, 0.15) is 32.1 Å². The van der Waals surface area contributed by atoms with Gasteiger partial charge in [0, 0.05) is 17.5 Å². The molecule has 0 fully saturated rings. The van der Waals surface area contributed by atoms with Crippen molar-refractivity contribution >= 4 is 22.4 Å². The Kier molecular flexibility index (Phi) is 4.06. The second kappa shape index (κ2) is 6.15. The molecule has 0 unspecified atom stereocenters. The lowest BCUT2D eigenvalue weighted by Gasteiger charge is -2.02. The molecule has 2 aromatic heterocycles. The molecule has 22 heavy (non-hydrogen) atoms. The van der Waals surface area contributed by atoms with Crippen LogP contribution < -0.4 is 5.32 Å². The molecule has 3 rings (SSSR count). The van der Waals surface area contributed by atoms with E-state index in [0.717, 1.165) is 11.3 Å². The van der Waals surface area contributed by atoms with E-state index >= 15 is 0 Å². The second-order valence-electron chi connectivity index (χ2n) is 5.08. The minimum Gasteiger partial charge on any atom is -0.469 e. The summed E-state index contributed by atoms with van der Waals surface area (Å²) in [6.07, 6.45) is 4.15. The summed E-state index contributed by atoms with van der Waals surface area (Å²) in [5.41, 5.74) is 3.07. The molecule has 0 spiro atoms. The molecule has 2 heterocycles. The van der Waals surface area contributed by atoms with Crippen molar-refractivity contribution in [3.8, 4) is 0 Å². The summed E-state index contributed by atoms with van der Waals surface area (Å²) < 4.78 is 5.14. The maximum absolute atomic E-state index is 12.1. The number of nitrogens with one attached hydrogen (secondary N) is 1. The molecule has 1 aromatic carbocycles. The van der Waals surface area contributed by atoms with Crippen LogP contribution in [0.2, 0.25) is 0 Å². The zero-order valence-corrected chi connectivity index (χ0v) is 13.2. The number of carbonyl (C=O) groups is 1. The lowest BCUT2D eigenvalue weighted by molar-refractivity contribution is 0.102. The lowest BCUT2D eigenvalue weighted by Crippen LogP contribution is -2.11. The number of aromatic nitrogens is 1. The third-order valence-electron chi connectivity index (χ3n) is 3.50. The second-order valence-corrected chi connectivity index (χ2v) is 6.19. The molecule has 0 aliphatic rings. The largest absolute Gasteiger partial charge is 0.469 e. The van der Waals surface area contributed by atoms with Crippen molar-refractivity contribution in [2.45, 2.75) is 20.3 Å². The van der Waals surface area contributed by atoms with Crippen molar-refractivity contribution in [2.24, 2.45) is 0 Å². The molecule has 0 aliphatic heterocycles. The molecule has 1 N–H and O–H groups in total. The quantitative estimate of drug-likeness (QED) is 0.785. The molecule has 0 aliphatic carbocycles. The van der Waals surface area contributed by atoms with Crippen LogP contribution in [0.4, 0.5) is 5.13 Å². The highest BCUT2D eigenvalue weighted by molar-refractivity contribution is 7.15. The number of rotatable bonds is 4. The van der Waals surface area contributed by atoms with Gasteiger partial charge in [-0.05, 0) is 31.0 Å². The van der Waals surface area contributed by atoms with Crippen molar-refractivity contribution in [1.29, 1.82) is 0 Å². The zero-order valence-electron chi connectivity index (χ0n) is 12.4. The first-order valence-corrected chi connectivity index (χ1v) is 7.80. The minimum atomic E-state index is -0.192. The number of carbonyl (C=O) groups excluding carboxylic acids is 1. The molecule has 4 nitrogen and oxygen atoms in total. The zero-order chi connectivity index (χ0) is 15.5. The molecule has 0 radical (unpaired) electrons. The average Bonchev–Trinajstić information content (AvgIpc) is 3.10. The van der Waals surface area contributed by atoms with Gasteiger partial charge in [-0.2, -0.15) is 0 Å². The van der Waals surface area contributed by atoms with Gasteiger partial charge in [0.05, 0.1) is 11.8 Å². The van der Waals surface area contributed by atoms with Gasteiger partial charge in [-0.1, -0.05) is 24.3 Å². The maximum atomic E-state index is 12.1. The van der Waals surface area contributed by atoms with Gasteiger partial charge in [0.2, 0.25) is 0 Å². The van der Waals surface area contributed by atoms with Crippen molar-refractivity contribution in [1.82, 2.24) is 4.98 Å². The number of furan rings is 1. The Morgan fingerprint density at radius 2 is 2.09 bits per heavy atom. The third kappa shape index (κ3) is 3.09. The molecule has 112 valence electrons. The average molecular weight is 312 g/mol. The predicted octanol–water partition coefficient (Wildman–Crippen LogP) is 4.20. The van der Waals surface area contributed by atoms with E-state index in [-0.39, 0.29) is 5.91 Å². The van der Waals surface area contributed by atoms with Gasteiger partial charge in [0.15, 0.2) is 5.13 Å². The van der Waals surface area contributed by atoms with Crippen LogP contribution in [-0.2, 0) is 6.42 Å². The molecule has 0 bridgehead atoms. The summed E-state index contributed by atoms with van der Waals surface area (Å²) in [6, 6.07) is 9.94. The van der Waals surface area contributed by atoms with Crippen LogP contribution in [0.25, 0.3) is 0 Å². The SMILES string of the molecule is Cc1ccccc1Cc1cnc(NC(=O)c2ccoc2C)s1. The van der Waals surface area contributed by atoms with Crippen molar-refractivity contribution in [3.63, 3.8) is 0 Å². The number of benzene rings is 1. The van der Waals surface area contributed by atoms with E-state index in [1.807, 2.05) is 18.3 Å². The summed E-state index contributed by atoms with van der Waals surface area (Å²) in [7, 11) is 0. The number of thiazole rings is 1. The third-order valence-corrected chi connectivity index (χ3v) is 4.42. The smallest absolute Gasteiger partial charge is 0.260 e. The first-order chi connectivity index (χ1) is 10.6. The van der Waals surface area contributed by atoms with Crippen LogP contribution in [0.5, 0.6) is 0 Å². The van der Waals surface area contributed by atoms with Crippen LogP contribution in [-0.4, -0.2) is 10.9 Å². The predicted molar refractivity (Wildman–Crippen MR) is 87.5 cm³/mol. The standard InChI is InChI=1S/C17H16N2O2S/c1-11-5-3-4-6-13(11)9-14-10-18-17(22-14)19-16(20)15-7-8-21-12(15)2/h3-8,10H,9H2,1-2H3,(H,18,19,20). The summed E-state index contributed by atoms with van der Waals surface area (Å²) in [5.74, 6) is 0.414. The van der Waals surface area contributed by atoms with E-state index in [2.05, 4.69) is 29.4 Å². The van der Waals surface area contributed by atoms with E-state index < -0.39 is 0 Å².